The van der Waals surface area contributed by atoms with Gasteiger partial charge in [-0.2, -0.15) is 0 Å². The van der Waals surface area contributed by atoms with E-state index in [-0.39, 0.29) is 23.3 Å². The summed E-state index contributed by atoms with van der Waals surface area (Å²) in [4.78, 5) is 21.7. The smallest absolute Gasteiger partial charge is 0.338 e. The molecule has 0 heterocycles. The lowest BCUT2D eigenvalue weighted by Crippen LogP contribution is -2.10. The summed E-state index contributed by atoms with van der Waals surface area (Å²) in [5.41, 5.74) is -1.37. The second-order valence-electron chi connectivity index (χ2n) is 3.06. The van der Waals surface area contributed by atoms with Gasteiger partial charge in [0.15, 0.2) is 0 Å². The maximum Gasteiger partial charge on any atom is 0.338 e. The molecule has 6 nitrogen and oxygen atoms in total. The van der Waals surface area contributed by atoms with Crippen molar-refractivity contribution in [3.63, 3.8) is 0 Å². The highest BCUT2D eigenvalue weighted by Gasteiger charge is 2.28. The molecule has 0 spiro atoms. The molecule has 10 heteroatoms. The number of aliphatic hydroxyl groups excluding tert-OH is 2. The summed E-state index contributed by atoms with van der Waals surface area (Å²) in [6.07, 6.45) is 0. The molecule has 0 aromatic heterocycles. The van der Waals surface area contributed by atoms with Gasteiger partial charge in [-0.25, -0.2) is 9.59 Å². The highest BCUT2D eigenvalue weighted by atomic mass is 35.5. The summed E-state index contributed by atoms with van der Waals surface area (Å²) in [5.74, 6) is -3.11. The number of halogens is 4. The quantitative estimate of drug-likeness (QED) is 0.483. The van der Waals surface area contributed by atoms with Gasteiger partial charge in [0.1, 0.15) is 0 Å². The minimum absolute atomic E-state index is 0.125. The third-order valence-corrected chi connectivity index (χ3v) is 3.60. The van der Waals surface area contributed by atoms with Crippen LogP contribution in [0, 0.1) is 0 Å². The van der Waals surface area contributed by atoms with E-state index in [9.17, 15) is 9.59 Å². The number of carboxylic acid groups (broad SMARTS) is 2. The molecular formula is C10H8Cl4O6. The molecular weight excluding hydrogens is 358 g/mol. The maximum absolute atomic E-state index is 10.9. The van der Waals surface area contributed by atoms with E-state index < -0.39 is 33.1 Å². The molecule has 0 saturated carbocycles. The van der Waals surface area contributed by atoms with E-state index in [0.717, 1.165) is 0 Å². The highest BCUT2D eigenvalue weighted by Crippen LogP contribution is 2.41. The lowest BCUT2D eigenvalue weighted by atomic mass is 10.1. The van der Waals surface area contributed by atoms with Gasteiger partial charge in [-0.3, -0.25) is 0 Å². The van der Waals surface area contributed by atoms with Crippen LogP contribution >= 0.6 is 46.4 Å². The fourth-order valence-electron chi connectivity index (χ4n) is 1.03. The van der Waals surface area contributed by atoms with E-state index in [1.165, 1.54) is 0 Å². The maximum atomic E-state index is 10.9. The largest absolute Gasteiger partial charge is 0.478 e. The summed E-state index contributed by atoms with van der Waals surface area (Å²) in [7, 11) is 0. The molecule has 0 bridgehead atoms. The van der Waals surface area contributed by atoms with Crippen LogP contribution in [0.1, 0.15) is 20.7 Å². The van der Waals surface area contributed by atoms with E-state index in [0.29, 0.717) is 0 Å². The molecule has 0 atom stereocenters. The van der Waals surface area contributed by atoms with Crippen LogP contribution in [0.15, 0.2) is 0 Å². The second-order valence-corrected chi connectivity index (χ2v) is 4.58. The summed E-state index contributed by atoms with van der Waals surface area (Å²) in [5, 5.41) is 31.4. The number of hydrogen-bond donors (Lipinski definition) is 4. The van der Waals surface area contributed by atoms with Crippen LogP contribution in [0.4, 0.5) is 0 Å². The fourth-order valence-corrected chi connectivity index (χ4v) is 2.05. The van der Waals surface area contributed by atoms with Crippen LogP contribution in [-0.4, -0.2) is 45.6 Å². The SMILES string of the molecule is O=C(O)c1c(Cl)c(Cl)c(Cl)c(Cl)c1C(=O)O.OCCO. The van der Waals surface area contributed by atoms with Gasteiger partial charge in [0.2, 0.25) is 0 Å². The highest BCUT2D eigenvalue weighted by molar-refractivity contribution is 6.53. The van der Waals surface area contributed by atoms with Gasteiger partial charge in [-0.05, 0) is 0 Å². The lowest BCUT2D eigenvalue weighted by molar-refractivity contribution is 0.0652. The Hall–Kier alpha value is -0.760. The average Bonchev–Trinajstić information content (AvgIpc) is 2.39. The normalized spacial score (nSPS) is 9.70. The average molecular weight is 366 g/mol. The number of carbonyl (C=O) groups is 2. The zero-order chi connectivity index (χ0) is 16.0. The molecule has 0 aliphatic heterocycles. The number of aromatic carboxylic acids is 2. The molecule has 0 amide bonds. The molecule has 20 heavy (non-hydrogen) atoms. The molecule has 1 rings (SSSR count). The Morgan fingerprint density at radius 2 is 0.950 bits per heavy atom. The van der Waals surface area contributed by atoms with Crippen LogP contribution in [0.3, 0.4) is 0 Å². The van der Waals surface area contributed by atoms with E-state index >= 15 is 0 Å². The molecule has 0 aliphatic rings. The molecule has 0 fully saturated rings. The number of hydrogen-bond acceptors (Lipinski definition) is 4. The first-order chi connectivity index (χ1) is 9.20. The van der Waals surface area contributed by atoms with Crippen LogP contribution in [0.5, 0.6) is 0 Å². The first kappa shape index (κ1) is 19.2. The molecule has 1 aromatic rings. The van der Waals surface area contributed by atoms with Crippen molar-refractivity contribution in [2.45, 2.75) is 0 Å². The zero-order valence-electron chi connectivity index (χ0n) is 9.53. The Balaban J connectivity index is 0.000000796. The monoisotopic (exact) mass is 364 g/mol. The minimum Gasteiger partial charge on any atom is -0.478 e. The summed E-state index contributed by atoms with van der Waals surface area (Å²) in [6.45, 7) is -0.250. The molecule has 0 radical (unpaired) electrons. The molecule has 112 valence electrons. The third-order valence-electron chi connectivity index (χ3n) is 1.79. The Kier molecular flexibility index (Phi) is 8.19. The Labute approximate surface area is 133 Å². The third kappa shape index (κ3) is 4.37. The van der Waals surface area contributed by atoms with Crippen LogP contribution in [0.2, 0.25) is 20.1 Å². The lowest BCUT2D eigenvalue weighted by Gasteiger charge is -2.10. The van der Waals surface area contributed by atoms with Crippen LogP contribution in [-0.2, 0) is 0 Å². The number of rotatable bonds is 3. The predicted octanol–water partition coefficient (Wildman–Crippen LogP) is 2.67. The van der Waals surface area contributed by atoms with Gasteiger partial charge in [0.25, 0.3) is 0 Å². The van der Waals surface area contributed by atoms with Gasteiger partial charge < -0.3 is 20.4 Å². The van der Waals surface area contributed by atoms with E-state index in [4.69, 9.17) is 66.8 Å². The topological polar surface area (TPSA) is 115 Å². The van der Waals surface area contributed by atoms with E-state index in [1.807, 2.05) is 0 Å². The molecule has 0 saturated heterocycles. The van der Waals surface area contributed by atoms with Crippen LogP contribution < -0.4 is 0 Å². The van der Waals surface area contributed by atoms with Crippen molar-refractivity contribution in [3.8, 4) is 0 Å². The van der Waals surface area contributed by atoms with Crippen molar-refractivity contribution >= 4 is 58.3 Å². The van der Waals surface area contributed by atoms with Crippen molar-refractivity contribution in [3.05, 3.63) is 31.2 Å². The van der Waals surface area contributed by atoms with Crippen molar-refractivity contribution in [2.75, 3.05) is 13.2 Å². The first-order valence-electron chi connectivity index (χ1n) is 4.74. The molecule has 0 unspecified atom stereocenters. The molecule has 4 N–H and O–H groups in total. The van der Waals surface area contributed by atoms with E-state index in [2.05, 4.69) is 0 Å². The summed E-state index contributed by atoms with van der Waals surface area (Å²) < 4.78 is 0. The van der Waals surface area contributed by atoms with Gasteiger partial charge in [0.05, 0.1) is 44.4 Å². The Bertz CT molecular complexity index is 484. The predicted molar refractivity (Wildman–Crippen MR) is 74.6 cm³/mol. The Morgan fingerprint density at radius 1 is 0.700 bits per heavy atom. The first-order valence-corrected chi connectivity index (χ1v) is 6.26. The molecule has 1 aromatic carbocycles. The zero-order valence-corrected chi connectivity index (χ0v) is 12.6. The number of benzene rings is 1. The number of aliphatic hydroxyl groups is 2. The van der Waals surface area contributed by atoms with Gasteiger partial charge in [-0.15, -0.1) is 0 Å². The van der Waals surface area contributed by atoms with Crippen molar-refractivity contribution < 1.29 is 30.0 Å². The fraction of sp³-hybridized carbons (Fsp3) is 0.200. The van der Waals surface area contributed by atoms with Gasteiger partial charge in [-0.1, -0.05) is 46.4 Å². The van der Waals surface area contributed by atoms with Crippen molar-refractivity contribution in [2.24, 2.45) is 0 Å². The Morgan fingerprint density at radius 3 is 1.10 bits per heavy atom. The van der Waals surface area contributed by atoms with Crippen LogP contribution in [0.25, 0.3) is 0 Å². The number of carboxylic acids is 2. The van der Waals surface area contributed by atoms with Gasteiger partial charge >= 0.3 is 11.9 Å². The van der Waals surface area contributed by atoms with Crippen molar-refractivity contribution in [1.82, 2.24) is 0 Å². The molecule has 0 aliphatic carbocycles. The van der Waals surface area contributed by atoms with Gasteiger partial charge in [0, 0.05) is 0 Å². The summed E-state index contributed by atoms with van der Waals surface area (Å²) >= 11 is 22.4. The van der Waals surface area contributed by atoms with E-state index in [1.54, 1.807) is 0 Å². The standard InChI is InChI=1S/C8H2Cl4O4.C2H6O2/c9-3-1(7(13)14)2(8(15)16)4(10)6(12)5(3)11;3-1-2-4/h(H,13,14)(H,15,16);3-4H,1-2H2. The van der Waals surface area contributed by atoms with Crippen molar-refractivity contribution in [1.29, 1.82) is 0 Å². The second kappa shape index (κ2) is 8.51. The summed E-state index contributed by atoms with van der Waals surface area (Å²) in [6, 6.07) is 0. The minimum atomic E-state index is -1.55.